The number of hydrogen-bond donors (Lipinski definition) is 1. The zero-order valence-electron chi connectivity index (χ0n) is 18.3. The molecular weight excluding hydrogens is 390 g/mol. The minimum atomic E-state index is -0.264. The number of nitrogens with one attached hydrogen (secondary N) is 1. The summed E-state index contributed by atoms with van der Waals surface area (Å²) in [7, 11) is 0. The molecule has 1 heterocycles. The maximum Gasteiger partial charge on any atom is 0.225 e. The highest BCUT2D eigenvalue weighted by Crippen LogP contribution is 2.44. The third kappa shape index (κ3) is 4.50. The van der Waals surface area contributed by atoms with Crippen LogP contribution in [-0.4, -0.2) is 24.4 Å². The number of ether oxygens (including phenoxy) is 2. The van der Waals surface area contributed by atoms with Crippen molar-refractivity contribution in [2.24, 2.45) is 0 Å². The molecule has 1 aliphatic carbocycles. The van der Waals surface area contributed by atoms with Crippen LogP contribution in [-0.2, 0) is 9.59 Å². The van der Waals surface area contributed by atoms with Gasteiger partial charge < -0.3 is 14.8 Å². The van der Waals surface area contributed by atoms with E-state index in [1.807, 2.05) is 69.3 Å². The Morgan fingerprint density at radius 1 is 0.968 bits per heavy atom. The van der Waals surface area contributed by atoms with Gasteiger partial charge in [0.2, 0.25) is 5.91 Å². The topological polar surface area (TPSA) is 64.6 Å². The fraction of sp³-hybridized carbons (Fsp3) is 0.385. The van der Waals surface area contributed by atoms with Gasteiger partial charge in [-0.2, -0.15) is 0 Å². The van der Waals surface area contributed by atoms with Gasteiger partial charge in [0.15, 0.2) is 17.3 Å². The minimum Gasteiger partial charge on any atom is -0.490 e. The molecule has 2 aliphatic rings. The van der Waals surface area contributed by atoms with Crippen molar-refractivity contribution in [3.05, 3.63) is 70.9 Å². The molecule has 0 aromatic heterocycles. The van der Waals surface area contributed by atoms with E-state index in [2.05, 4.69) is 5.32 Å². The first-order valence-corrected chi connectivity index (χ1v) is 11.0. The van der Waals surface area contributed by atoms with E-state index < -0.39 is 0 Å². The Hall–Kier alpha value is -3.08. The van der Waals surface area contributed by atoms with E-state index in [9.17, 15) is 9.59 Å². The summed E-state index contributed by atoms with van der Waals surface area (Å²) in [6.45, 7) is 6.37. The molecule has 162 valence electrons. The van der Waals surface area contributed by atoms with Gasteiger partial charge in [-0.3, -0.25) is 9.59 Å². The standard InChI is InChI=1S/C26H29NO4/c1-4-30-24-14-18(10-11-23(24)31-16(2)3)20-15-25(29)27-21-12-19(13-22(28)26(20)21)17-8-6-5-7-9-17/h5-11,14,16,19-20H,4,12-13,15H2,1-3H3,(H,27,29). The molecule has 2 aromatic carbocycles. The fourth-order valence-corrected chi connectivity index (χ4v) is 4.57. The van der Waals surface area contributed by atoms with Crippen LogP contribution in [0.1, 0.15) is 63.0 Å². The molecule has 5 nitrogen and oxygen atoms in total. The Bertz CT molecular complexity index is 1010. The van der Waals surface area contributed by atoms with Crippen molar-refractivity contribution in [3.63, 3.8) is 0 Å². The predicted molar refractivity (Wildman–Crippen MR) is 119 cm³/mol. The number of allylic oxidation sites excluding steroid dienone is 2. The van der Waals surface area contributed by atoms with Gasteiger partial charge in [0.25, 0.3) is 0 Å². The van der Waals surface area contributed by atoms with Crippen LogP contribution in [0.15, 0.2) is 59.8 Å². The Labute approximate surface area is 183 Å². The molecule has 0 bridgehead atoms. The van der Waals surface area contributed by atoms with Crippen LogP contribution in [0.25, 0.3) is 0 Å². The number of amides is 1. The molecule has 5 heteroatoms. The van der Waals surface area contributed by atoms with E-state index in [0.717, 1.165) is 22.4 Å². The number of rotatable bonds is 6. The number of carbonyl (C=O) groups excluding carboxylic acids is 2. The zero-order chi connectivity index (χ0) is 22.0. The zero-order valence-corrected chi connectivity index (χ0v) is 18.3. The summed E-state index contributed by atoms with van der Waals surface area (Å²) in [5.41, 5.74) is 3.56. The molecule has 2 unspecified atom stereocenters. The first-order chi connectivity index (χ1) is 15.0. The lowest BCUT2D eigenvalue weighted by molar-refractivity contribution is -0.122. The molecule has 1 N–H and O–H groups in total. The molecule has 0 radical (unpaired) electrons. The first kappa shape index (κ1) is 21.2. The van der Waals surface area contributed by atoms with Crippen molar-refractivity contribution in [2.45, 2.75) is 58.0 Å². The normalized spacial score (nSPS) is 21.0. The van der Waals surface area contributed by atoms with E-state index >= 15 is 0 Å². The van der Waals surface area contributed by atoms with E-state index in [-0.39, 0.29) is 36.1 Å². The van der Waals surface area contributed by atoms with Crippen molar-refractivity contribution in [1.82, 2.24) is 5.32 Å². The van der Waals surface area contributed by atoms with Crippen molar-refractivity contribution in [1.29, 1.82) is 0 Å². The van der Waals surface area contributed by atoms with E-state index in [1.54, 1.807) is 0 Å². The molecule has 2 atom stereocenters. The summed E-state index contributed by atoms with van der Waals surface area (Å²) < 4.78 is 11.7. The van der Waals surface area contributed by atoms with Crippen LogP contribution in [0.3, 0.4) is 0 Å². The summed E-state index contributed by atoms with van der Waals surface area (Å²) in [6, 6.07) is 15.8. The average Bonchev–Trinajstić information content (AvgIpc) is 2.74. The second-order valence-corrected chi connectivity index (χ2v) is 8.44. The lowest BCUT2D eigenvalue weighted by atomic mass is 9.73. The lowest BCUT2D eigenvalue weighted by Crippen LogP contribution is -2.38. The molecule has 1 amide bonds. The molecule has 0 spiro atoms. The maximum absolute atomic E-state index is 13.3. The Kier molecular flexibility index (Phi) is 6.12. The Morgan fingerprint density at radius 3 is 2.45 bits per heavy atom. The van der Waals surface area contributed by atoms with Gasteiger partial charge in [-0.1, -0.05) is 36.4 Å². The van der Waals surface area contributed by atoms with E-state index in [1.165, 1.54) is 0 Å². The molecule has 0 saturated carbocycles. The largest absolute Gasteiger partial charge is 0.490 e. The maximum atomic E-state index is 13.3. The highest BCUT2D eigenvalue weighted by molar-refractivity contribution is 6.02. The second kappa shape index (κ2) is 8.96. The smallest absolute Gasteiger partial charge is 0.225 e. The van der Waals surface area contributed by atoms with Gasteiger partial charge in [-0.05, 0) is 56.4 Å². The van der Waals surface area contributed by atoms with Crippen molar-refractivity contribution < 1.29 is 19.1 Å². The van der Waals surface area contributed by atoms with Crippen molar-refractivity contribution >= 4 is 11.7 Å². The van der Waals surface area contributed by atoms with Crippen LogP contribution >= 0.6 is 0 Å². The molecule has 2 aromatic rings. The van der Waals surface area contributed by atoms with Gasteiger partial charge in [0, 0.05) is 30.0 Å². The summed E-state index contributed by atoms with van der Waals surface area (Å²) >= 11 is 0. The van der Waals surface area contributed by atoms with Crippen molar-refractivity contribution in [2.75, 3.05) is 6.61 Å². The van der Waals surface area contributed by atoms with Crippen LogP contribution in [0.4, 0.5) is 0 Å². The Morgan fingerprint density at radius 2 is 1.74 bits per heavy atom. The molecule has 1 aliphatic heterocycles. The minimum absolute atomic E-state index is 0.0228. The first-order valence-electron chi connectivity index (χ1n) is 11.0. The summed E-state index contributed by atoms with van der Waals surface area (Å²) in [5, 5.41) is 2.99. The van der Waals surface area contributed by atoms with Gasteiger partial charge in [-0.25, -0.2) is 0 Å². The van der Waals surface area contributed by atoms with Gasteiger partial charge in [0.05, 0.1) is 12.7 Å². The molecular formula is C26H29NO4. The number of benzene rings is 2. The van der Waals surface area contributed by atoms with Gasteiger partial charge in [0.1, 0.15) is 0 Å². The van der Waals surface area contributed by atoms with Crippen LogP contribution < -0.4 is 14.8 Å². The number of hydrogen-bond acceptors (Lipinski definition) is 4. The van der Waals surface area contributed by atoms with E-state index in [4.69, 9.17) is 9.47 Å². The second-order valence-electron chi connectivity index (χ2n) is 8.44. The average molecular weight is 420 g/mol. The third-order valence-electron chi connectivity index (χ3n) is 5.84. The molecule has 4 rings (SSSR count). The molecule has 0 fully saturated rings. The number of Topliss-reactive ketones (excluding diaryl/α,β-unsaturated/α-hetero) is 1. The summed E-state index contributed by atoms with van der Waals surface area (Å²) in [5.74, 6) is 1.21. The van der Waals surface area contributed by atoms with Gasteiger partial charge >= 0.3 is 0 Å². The van der Waals surface area contributed by atoms with E-state index in [0.29, 0.717) is 30.9 Å². The molecule has 31 heavy (non-hydrogen) atoms. The number of carbonyl (C=O) groups is 2. The highest BCUT2D eigenvalue weighted by Gasteiger charge is 2.38. The fourth-order valence-electron chi connectivity index (χ4n) is 4.57. The molecule has 0 saturated heterocycles. The van der Waals surface area contributed by atoms with Crippen LogP contribution in [0.2, 0.25) is 0 Å². The SMILES string of the molecule is CCOc1cc(C2CC(=O)NC3=C2C(=O)CC(c2ccccc2)C3)ccc1OC(C)C. The van der Waals surface area contributed by atoms with Crippen LogP contribution in [0, 0.1) is 0 Å². The lowest BCUT2D eigenvalue weighted by Gasteiger charge is -2.34. The predicted octanol–water partition coefficient (Wildman–Crippen LogP) is 4.88. The van der Waals surface area contributed by atoms with Crippen LogP contribution in [0.5, 0.6) is 11.5 Å². The summed E-state index contributed by atoms with van der Waals surface area (Å²) in [6.07, 6.45) is 1.41. The summed E-state index contributed by atoms with van der Waals surface area (Å²) in [4.78, 5) is 25.8. The van der Waals surface area contributed by atoms with Crippen molar-refractivity contribution in [3.8, 4) is 11.5 Å². The quantitative estimate of drug-likeness (QED) is 0.725. The Balaban J connectivity index is 1.69. The monoisotopic (exact) mass is 419 g/mol. The number of ketones is 1. The van der Waals surface area contributed by atoms with Gasteiger partial charge in [-0.15, -0.1) is 0 Å². The third-order valence-corrected chi connectivity index (χ3v) is 5.84. The highest BCUT2D eigenvalue weighted by atomic mass is 16.5.